The lowest BCUT2D eigenvalue weighted by Gasteiger charge is -2.28. The zero-order valence-electron chi connectivity index (χ0n) is 10.1. The fourth-order valence-electron chi connectivity index (χ4n) is 2.40. The van der Waals surface area contributed by atoms with Crippen molar-refractivity contribution >= 4 is 11.7 Å². The van der Waals surface area contributed by atoms with Crippen molar-refractivity contribution in [3.8, 4) is 0 Å². The Kier molecular flexibility index (Phi) is 3.97. The summed E-state index contributed by atoms with van der Waals surface area (Å²) < 4.78 is 39.3. The van der Waals surface area contributed by atoms with Crippen molar-refractivity contribution in [2.75, 3.05) is 5.32 Å². The molecule has 0 radical (unpaired) electrons. The number of carboxylic acid groups (broad SMARTS) is 1. The lowest BCUT2D eigenvalue weighted by atomic mass is 9.85. The van der Waals surface area contributed by atoms with Gasteiger partial charge in [-0.25, -0.2) is 13.2 Å². The van der Waals surface area contributed by atoms with E-state index in [9.17, 15) is 18.0 Å². The Morgan fingerprint density at radius 2 is 1.84 bits per heavy atom. The molecule has 104 valence electrons. The van der Waals surface area contributed by atoms with Gasteiger partial charge in [-0.1, -0.05) is 6.42 Å². The Labute approximate surface area is 108 Å². The first-order valence-electron chi connectivity index (χ1n) is 6.11. The summed E-state index contributed by atoms with van der Waals surface area (Å²) >= 11 is 0. The van der Waals surface area contributed by atoms with Crippen molar-refractivity contribution in [2.24, 2.45) is 5.92 Å². The molecule has 2 rings (SSSR count). The van der Waals surface area contributed by atoms with E-state index in [1.807, 2.05) is 0 Å². The van der Waals surface area contributed by atoms with Crippen LogP contribution in [0.2, 0.25) is 0 Å². The van der Waals surface area contributed by atoms with E-state index in [0.717, 1.165) is 6.07 Å². The molecular formula is C13H14F3NO2. The maximum absolute atomic E-state index is 13.5. The zero-order chi connectivity index (χ0) is 14.0. The molecule has 0 amide bonds. The highest BCUT2D eigenvalue weighted by atomic mass is 19.2. The third-order valence-electron chi connectivity index (χ3n) is 3.39. The largest absolute Gasteiger partial charge is 0.481 e. The predicted octanol–water partition coefficient (Wildman–Crippen LogP) is 3.16. The van der Waals surface area contributed by atoms with Crippen LogP contribution in [0.25, 0.3) is 0 Å². The molecule has 0 bridgehead atoms. The van der Waals surface area contributed by atoms with Crippen molar-refractivity contribution in [1.82, 2.24) is 0 Å². The Morgan fingerprint density at radius 3 is 2.53 bits per heavy atom. The summed E-state index contributed by atoms with van der Waals surface area (Å²) in [5.41, 5.74) is -0.130. The average molecular weight is 273 g/mol. The number of hydrogen-bond acceptors (Lipinski definition) is 2. The van der Waals surface area contributed by atoms with E-state index in [1.165, 1.54) is 0 Å². The molecule has 0 heterocycles. The number of benzene rings is 1. The molecular weight excluding hydrogens is 259 g/mol. The van der Waals surface area contributed by atoms with Gasteiger partial charge in [-0.15, -0.1) is 0 Å². The molecule has 0 aliphatic heterocycles. The van der Waals surface area contributed by atoms with Gasteiger partial charge < -0.3 is 10.4 Å². The summed E-state index contributed by atoms with van der Waals surface area (Å²) in [5, 5.41) is 11.7. The van der Waals surface area contributed by atoms with Crippen LogP contribution in [0.3, 0.4) is 0 Å². The highest BCUT2D eigenvalue weighted by Gasteiger charge is 2.27. The maximum atomic E-state index is 13.5. The van der Waals surface area contributed by atoms with E-state index in [-0.39, 0.29) is 11.7 Å². The van der Waals surface area contributed by atoms with Crippen molar-refractivity contribution < 1.29 is 23.1 Å². The molecule has 1 aromatic carbocycles. The molecule has 1 aliphatic carbocycles. The number of rotatable bonds is 3. The smallest absolute Gasteiger partial charge is 0.306 e. The second kappa shape index (κ2) is 5.50. The van der Waals surface area contributed by atoms with Crippen LogP contribution in [0.15, 0.2) is 12.1 Å². The van der Waals surface area contributed by atoms with Crippen LogP contribution in [-0.2, 0) is 4.79 Å². The standard InChI is InChI=1S/C13H14F3NO2/c14-9-5-11(16)12(6-10(9)15)17-8-3-1-2-7(4-8)13(18)19/h5-8,17H,1-4H2,(H,18,19). The number of hydrogen-bond donors (Lipinski definition) is 2. The first-order valence-corrected chi connectivity index (χ1v) is 6.11. The van der Waals surface area contributed by atoms with Gasteiger partial charge >= 0.3 is 5.97 Å². The van der Waals surface area contributed by atoms with Crippen LogP contribution in [-0.4, -0.2) is 17.1 Å². The number of nitrogens with one attached hydrogen (secondary N) is 1. The van der Waals surface area contributed by atoms with E-state index < -0.39 is 29.3 Å². The fourth-order valence-corrected chi connectivity index (χ4v) is 2.40. The van der Waals surface area contributed by atoms with E-state index in [2.05, 4.69) is 5.32 Å². The molecule has 2 N–H and O–H groups in total. The van der Waals surface area contributed by atoms with E-state index in [4.69, 9.17) is 5.11 Å². The topological polar surface area (TPSA) is 49.3 Å². The number of carbonyl (C=O) groups is 1. The molecule has 1 fully saturated rings. The summed E-state index contributed by atoms with van der Waals surface area (Å²) in [7, 11) is 0. The predicted molar refractivity (Wildman–Crippen MR) is 63.3 cm³/mol. The van der Waals surface area contributed by atoms with Gasteiger partial charge in [-0.3, -0.25) is 4.79 Å². The summed E-state index contributed by atoms with van der Waals surface area (Å²) in [6.45, 7) is 0. The minimum atomic E-state index is -1.24. The van der Waals surface area contributed by atoms with Gasteiger partial charge in [0.25, 0.3) is 0 Å². The third-order valence-corrected chi connectivity index (χ3v) is 3.39. The molecule has 1 aliphatic rings. The van der Waals surface area contributed by atoms with Gasteiger partial charge in [0.15, 0.2) is 11.6 Å². The molecule has 1 saturated carbocycles. The van der Waals surface area contributed by atoms with E-state index in [1.54, 1.807) is 0 Å². The molecule has 3 nitrogen and oxygen atoms in total. The number of carboxylic acids is 1. The van der Waals surface area contributed by atoms with Crippen molar-refractivity contribution in [2.45, 2.75) is 31.7 Å². The highest BCUT2D eigenvalue weighted by molar-refractivity contribution is 5.70. The van der Waals surface area contributed by atoms with Crippen molar-refractivity contribution in [3.63, 3.8) is 0 Å². The second-order valence-electron chi connectivity index (χ2n) is 4.79. The third kappa shape index (κ3) is 3.19. The minimum absolute atomic E-state index is 0.130. The Morgan fingerprint density at radius 1 is 1.16 bits per heavy atom. The van der Waals surface area contributed by atoms with Gasteiger partial charge in [0, 0.05) is 18.2 Å². The molecule has 2 atom stereocenters. The van der Waals surface area contributed by atoms with Gasteiger partial charge in [-0.05, 0) is 19.3 Å². The van der Waals surface area contributed by atoms with Crippen LogP contribution in [0.5, 0.6) is 0 Å². The SMILES string of the molecule is O=C(O)C1CCCC(Nc2cc(F)c(F)cc2F)C1. The summed E-state index contributed by atoms with van der Waals surface area (Å²) in [5.74, 6) is -4.60. The minimum Gasteiger partial charge on any atom is -0.481 e. The lowest BCUT2D eigenvalue weighted by molar-refractivity contribution is -0.142. The van der Waals surface area contributed by atoms with Crippen LogP contribution in [0.1, 0.15) is 25.7 Å². The summed E-state index contributed by atoms with van der Waals surface area (Å²) in [4.78, 5) is 10.9. The molecule has 6 heteroatoms. The molecule has 19 heavy (non-hydrogen) atoms. The van der Waals surface area contributed by atoms with Gasteiger partial charge in [-0.2, -0.15) is 0 Å². The lowest BCUT2D eigenvalue weighted by Crippen LogP contribution is -2.31. The van der Waals surface area contributed by atoms with E-state index >= 15 is 0 Å². The van der Waals surface area contributed by atoms with Gasteiger partial charge in [0.05, 0.1) is 11.6 Å². The van der Waals surface area contributed by atoms with Crippen LogP contribution in [0, 0.1) is 23.4 Å². The van der Waals surface area contributed by atoms with Crippen LogP contribution >= 0.6 is 0 Å². The average Bonchev–Trinajstić information content (AvgIpc) is 2.36. The van der Waals surface area contributed by atoms with Crippen LogP contribution in [0.4, 0.5) is 18.9 Å². The molecule has 0 saturated heterocycles. The molecule has 1 aromatic rings. The number of anilines is 1. The summed E-state index contributed by atoms with van der Waals surface area (Å²) in [6, 6.07) is 0.999. The molecule has 0 aromatic heterocycles. The van der Waals surface area contributed by atoms with Crippen molar-refractivity contribution in [1.29, 1.82) is 0 Å². The van der Waals surface area contributed by atoms with Gasteiger partial charge in [0.1, 0.15) is 5.82 Å². The van der Waals surface area contributed by atoms with Crippen LogP contribution < -0.4 is 5.32 Å². The normalized spacial score (nSPS) is 23.1. The molecule has 2 unspecified atom stereocenters. The molecule has 0 spiro atoms. The summed E-state index contributed by atoms with van der Waals surface area (Å²) in [6.07, 6.45) is 2.34. The van der Waals surface area contributed by atoms with E-state index in [0.29, 0.717) is 31.7 Å². The number of aliphatic carboxylic acids is 1. The maximum Gasteiger partial charge on any atom is 0.306 e. The Balaban J connectivity index is 2.08. The fraction of sp³-hybridized carbons (Fsp3) is 0.462. The van der Waals surface area contributed by atoms with Crippen molar-refractivity contribution in [3.05, 3.63) is 29.6 Å². The second-order valence-corrected chi connectivity index (χ2v) is 4.79. The first-order chi connectivity index (χ1) is 8.97. The Hall–Kier alpha value is -1.72. The monoisotopic (exact) mass is 273 g/mol. The Bertz CT molecular complexity index is 493. The highest BCUT2D eigenvalue weighted by Crippen LogP contribution is 2.28. The van der Waals surface area contributed by atoms with Gasteiger partial charge in [0.2, 0.25) is 0 Å². The quantitative estimate of drug-likeness (QED) is 0.832. The number of halogens is 3. The first kappa shape index (κ1) is 13.7. The zero-order valence-corrected chi connectivity index (χ0v) is 10.1.